The van der Waals surface area contributed by atoms with E-state index >= 15 is 0 Å². The van der Waals surface area contributed by atoms with Crippen molar-refractivity contribution in [3.8, 4) is 0 Å². The number of nitrogens with zero attached hydrogens (tertiary/aromatic N) is 3. The number of imidazole rings is 1. The Hall–Kier alpha value is -1.84. The maximum atomic E-state index is 12.2. The molecule has 0 N–H and O–H groups in total. The molecule has 0 spiro atoms. The van der Waals surface area contributed by atoms with E-state index in [1.807, 2.05) is 34.7 Å². The molecule has 0 atom stereocenters. The zero-order valence-electron chi connectivity index (χ0n) is 11.3. The fourth-order valence-electron chi connectivity index (χ4n) is 2.72. The lowest BCUT2D eigenvalue weighted by atomic mass is 10.1. The first-order chi connectivity index (χ1) is 9.24. The monoisotopic (exact) mass is 257 g/mol. The van der Waals surface area contributed by atoms with Crippen molar-refractivity contribution in [2.75, 3.05) is 13.1 Å². The highest BCUT2D eigenvalue weighted by Crippen LogP contribution is 2.16. The average Bonchev–Trinajstić information content (AvgIpc) is 2.81. The Bertz CT molecular complexity index is 596. The van der Waals surface area contributed by atoms with E-state index in [0.717, 1.165) is 42.5 Å². The fourth-order valence-corrected chi connectivity index (χ4v) is 2.72. The first kappa shape index (κ1) is 12.2. The summed E-state index contributed by atoms with van der Waals surface area (Å²) in [5, 5.41) is 0. The predicted octanol–water partition coefficient (Wildman–Crippen LogP) is 2.13. The van der Waals surface area contributed by atoms with Crippen molar-refractivity contribution in [2.45, 2.75) is 25.7 Å². The second-order valence-corrected chi connectivity index (χ2v) is 5.30. The van der Waals surface area contributed by atoms with E-state index < -0.39 is 0 Å². The van der Waals surface area contributed by atoms with E-state index in [2.05, 4.69) is 4.98 Å². The summed E-state index contributed by atoms with van der Waals surface area (Å²) in [4.78, 5) is 18.5. The van der Waals surface area contributed by atoms with Gasteiger partial charge in [0.2, 0.25) is 5.91 Å². The lowest BCUT2D eigenvalue weighted by Crippen LogP contribution is -2.36. The quantitative estimate of drug-likeness (QED) is 0.826. The van der Waals surface area contributed by atoms with Crippen molar-refractivity contribution in [3.05, 3.63) is 30.1 Å². The van der Waals surface area contributed by atoms with Crippen LogP contribution in [0.3, 0.4) is 0 Å². The smallest absolute Gasteiger partial charge is 0.226 e. The zero-order chi connectivity index (χ0) is 13.2. The Morgan fingerprint density at radius 2 is 2.05 bits per heavy atom. The van der Waals surface area contributed by atoms with Gasteiger partial charge in [-0.1, -0.05) is 6.07 Å². The number of rotatable bonds is 2. The Morgan fingerprint density at radius 1 is 1.26 bits per heavy atom. The summed E-state index contributed by atoms with van der Waals surface area (Å²) in [5.74, 6) is 0.245. The van der Waals surface area contributed by atoms with Gasteiger partial charge in [0.15, 0.2) is 0 Å². The van der Waals surface area contributed by atoms with Gasteiger partial charge in [0, 0.05) is 20.1 Å². The van der Waals surface area contributed by atoms with Gasteiger partial charge in [-0.15, -0.1) is 0 Å². The van der Waals surface area contributed by atoms with Crippen LogP contribution in [0, 0.1) is 0 Å². The summed E-state index contributed by atoms with van der Waals surface area (Å²) in [6, 6.07) is 6.10. The van der Waals surface area contributed by atoms with Crippen LogP contribution >= 0.6 is 0 Å². The zero-order valence-corrected chi connectivity index (χ0v) is 11.3. The molecular weight excluding hydrogens is 238 g/mol. The molecule has 2 heterocycles. The molecule has 1 saturated heterocycles. The third kappa shape index (κ3) is 2.48. The van der Waals surface area contributed by atoms with Crippen molar-refractivity contribution >= 4 is 16.9 Å². The van der Waals surface area contributed by atoms with Gasteiger partial charge in [-0.25, -0.2) is 4.98 Å². The van der Waals surface area contributed by atoms with Crippen LogP contribution in [0.25, 0.3) is 11.0 Å². The molecule has 1 aromatic carbocycles. The average molecular weight is 257 g/mol. The van der Waals surface area contributed by atoms with Gasteiger partial charge in [0.1, 0.15) is 0 Å². The molecule has 0 aliphatic carbocycles. The number of likely N-dealkylation sites (tertiary alicyclic amines) is 1. The predicted molar refractivity (Wildman–Crippen MR) is 74.8 cm³/mol. The number of amides is 1. The molecule has 1 aliphatic rings. The number of aryl methyl sites for hydroxylation is 1. The summed E-state index contributed by atoms with van der Waals surface area (Å²) >= 11 is 0. The van der Waals surface area contributed by atoms with E-state index in [1.165, 1.54) is 6.42 Å². The number of hydrogen-bond donors (Lipinski definition) is 0. The largest absolute Gasteiger partial charge is 0.342 e. The SMILES string of the molecule is Cn1cnc2cc(CC(=O)N3CCCCC3)ccc21. The molecule has 0 unspecified atom stereocenters. The van der Waals surface area contributed by atoms with Crippen molar-refractivity contribution in [2.24, 2.45) is 7.05 Å². The minimum absolute atomic E-state index is 0.245. The highest BCUT2D eigenvalue weighted by atomic mass is 16.2. The summed E-state index contributed by atoms with van der Waals surface area (Å²) in [6.07, 6.45) is 5.84. The Kier molecular flexibility index (Phi) is 3.23. The standard InChI is InChI=1S/C15H19N3O/c1-17-11-16-13-9-12(5-6-14(13)17)10-15(19)18-7-3-2-4-8-18/h5-6,9,11H,2-4,7-8,10H2,1H3. The van der Waals surface area contributed by atoms with Crippen molar-refractivity contribution < 1.29 is 4.79 Å². The molecule has 100 valence electrons. The van der Waals surface area contributed by atoms with E-state index in [1.54, 1.807) is 6.33 Å². The second-order valence-electron chi connectivity index (χ2n) is 5.30. The van der Waals surface area contributed by atoms with Gasteiger partial charge in [-0.05, 0) is 37.0 Å². The second kappa shape index (κ2) is 5.03. The Labute approximate surface area is 113 Å². The van der Waals surface area contributed by atoms with Gasteiger partial charge >= 0.3 is 0 Å². The van der Waals surface area contributed by atoms with E-state index in [9.17, 15) is 4.79 Å². The topological polar surface area (TPSA) is 38.1 Å². The molecule has 3 rings (SSSR count). The van der Waals surface area contributed by atoms with Crippen molar-refractivity contribution in [3.63, 3.8) is 0 Å². The first-order valence-electron chi connectivity index (χ1n) is 6.92. The number of aromatic nitrogens is 2. The molecular formula is C15H19N3O. The highest BCUT2D eigenvalue weighted by molar-refractivity contribution is 5.82. The van der Waals surface area contributed by atoms with Crippen LogP contribution in [0.15, 0.2) is 24.5 Å². The first-order valence-corrected chi connectivity index (χ1v) is 6.92. The normalized spacial score (nSPS) is 15.9. The van der Waals surface area contributed by atoms with E-state index in [-0.39, 0.29) is 5.91 Å². The lowest BCUT2D eigenvalue weighted by Gasteiger charge is -2.26. The van der Waals surface area contributed by atoms with E-state index in [0.29, 0.717) is 6.42 Å². The third-order valence-corrected chi connectivity index (χ3v) is 3.85. The van der Waals surface area contributed by atoms with Crippen LogP contribution in [-0.4, -0.2) is 33.4 Å². The molecule has 0 bridgehead atoms. The molecule has 2 aromatic rings. The number of carbonyl (C=O) groups excluding carboxylic acids is 1. The lowest BCUT2D eigenvalue weighted by molar-refractivity contribution is -0.131. The van der Waals surface area contributed by atoms with Gasteiger partial charge < -0.3 is 9.47 Å². The molecule has 1 fully saturated rings. The number of piperidine rings is 1. The third-order valence-electron chi connectivity index (χ3n) is 3.85. The number of benzene rings is 1. The number of fused-ring (bicyclic) bond motifs is 1. The van der Waals surface area contributed by atoms with Gasteiger partial charge in [-0.3, -0.25) is 4.79 Å². The van der Waals surface area contributed by atoms with Crippen LogP contribution < -0.4 is 0 Å². The Morgan fingerprint density at radius 3 is 2.84 bits per heavy atom. The van der Waals surface area contributed by atoms with Gasteiger partial charge in [-0.2, -0.15) is 0 Å². The maximum absolute atomic E-state index is 12.2. The summed E-state index contributed by atoms with van der Waals surface area (Å²) in [7, 11) is 1.98. The molecule has 19 heavy (non-hydrogen) atoms. The van der Waals surface area contributed by atoms with Crippen LogP contribution in [-0.2, 0) is 18.3 Å². The number of carbonyl (C=O) groups is 1. The van der Waals surface area contributed by atoms with Crippen LogP contribution in [0.2, 0.25) is 0 Å². The minimum Gasteiger partial charge on any atom is -0.342 e. The summed E-state index contributed by atoms with van der Waals surface area (Å²) in [6.45, 7) is 1.84. The van der Waals surface area contributed by atoms with Gasteiger partial charge in [0.05, 0.1) is 23.8 Å². The number of hydrogen-bond acceptors (Lipinski definition) is 2. The van der Waals surface area contributed by atoms with Crippen LogP contribution in [0.5, 0.6) is 0 Å². The summed E-state index contributed by atoms with van der Waals surface area (Å²) in [5.41, 5.74) is 3.13. The molecule has 4 nitrogen and oxygen atoms in total. The minimum atomic E-state index is 0.245. The molecule has 1 aromatic heterocycles. The molecule has 1 aliphatic heterocycles. The molecule has 0 saturated carbocycles. The fraction of sp³-hybridized carbons (Fsp3) is 0.467. The maximum Gasteiger partial charge on any atom is 0.226 e. The highest BCUT2D eigenvalue weighted by Gasteiger charge is 2.16. The van der Waals surface area contributed by atoms with Crippen molar-refractivity contribution in [1.82, 2.24) is 14.5 Å². The van der Waals surface area contributed by atoms with E-state index in [4.69, 9.17) is 0 Å². The van der Waals surface area contributed by atoms with Crippen molar-refractivity contribution in [1.29, 1.82) is 0 Å². The summed E-state index contributed by atoms with van der Waals surface area (Å²) < 4.78 is 1.99. The van der Waals surface area contributed by atoms with Crippen LogP contribution in [0.1, 0.15) is 24.8 Å². The van der Waals surface area contributed by atoms with Crippen LogP contribution in [0.4, 0.5) is 0 Å². The molecule has 1 amide bonds. The van der Waals surface area contributed by atoms with Gasteiger partial charge in [0.25, 0.3) is 0 Å². The Balaban J connectivity index is 1.75. The molecule has 0 radical (unpaired) electrons. The molecule has 4 heteroatoms.